The lowest BCUT2D eigenvalue weighted by Gasteiger charge is -2.41. The van der Waals surface area contributed by atoms with Crippen LogP contribution in [0.25, 0.3) is 0 Å². The third-order valence-corrected chi connectivity index (χ3v) is 8.28. The van der Waals surface area contributed by atoms with Crippen molar-refractivity contribution in [3.63, 3.8) is 0 Å². The Morgan fingerprint density at radius 2 is 1.55 bits per heavy atom. The van der Waals surface area contributed by atoms with Crippen molar-refractivity contribution >= 4 is 17.7 Å². The molecule has 44 heavy (non-hydrogen) atoms. The molecule has 0 saturated carbocycles. The van der Waals surface area contributed by atoms with Crippen LogP contribution in [-0.4, -0.2) is 83.5 Å². The van der Waals surface area contributed by atoms with E-state index >= 15 is 0 Å². The monoisotopic (exact) mass is 598 g/mol. The lowest BCUT2D eigenvalue weighted by atomic mass is 9.92. The average molecular weight is 599 g/mol. The number of nitrogens with one attached hydrogen (secondary N) is 2. The largest absolute Gasteiger partial charge is 0.389 e. The van der Waals surface area contributed by atoms with Crippen molar-refractivity contribution < 1.29 is 19.5 Å². The Morgan fingerprint density at radius 1 is 0.955 bits per heavy atom. The predicted octanol–water partition coefficient (Wildman–Crippen LogP) is 4.00. The number of hydrogen-bond acceptors (Lipinski definition) is 5. The second-order valence-electron chi connectivity index (χ2n) is 11.8. The van der Waals surface area contributed by atoms with E-state index in [1.54, 1.807) is 30.1 Å². The summed E-state index contributed by atoms with van der Waals surface area (Å²) in [4.78, 5) is 44.1. The van der Waals surface area contributed by atoms with Crippen molar-refractivity contribution in [2.75, 3.05) is 26.7 Å². The Morgan fingerprint density at radius 3 is 2.16 bits per heavy atom. The summed E-state index contributed by atoms with van der Waals surface area (Å²) >= 11 is 0. The van der Waals surface area contributed by atoms with Crippen LogP contribution in [0.3, 0.4) is 0 Å². The number of aliphatic hydroxyl groups excluding tert-OH is 1. The summed E-state index contributed by atoms with van der Waals surface area (Å²) in [5, 5.41) is 17.9. The maximum Gasteiger partial charge on any atom is 0.253 e. The smallest absolute Gasteiger partial charge is 0.253 e. The second-order valence-corrected chi connectivity index (χ2v) is 11.8. The zero-order valence-corrected chi connectivity index (χ0v) is 26.3. The van der Waals surface area contributed by atoms with Gasteiger partial charge in [0.05, 0.1) is 12.1 Å². The van der Waals surface area contributed by atoms with E-state index in [4.69, 9.17) is 0 Å². The molecule has 1 heterocycles. The molecule has 0 unspecified atom stereocenters. The van der Waals surface area contributed by atoms with Crippen LogP contribution in [0.15, 0.2) is 78.9 Å². The highest BCUT2D eigenvalue weighted by atomic mass is 16.3. The Bertz CT molecular complexity index is 1390. The maximum atomic E-state index is 13.7. The van der Waals surface area contributed by atoms with Gasteiger partial charge in [-0.05, 0) is 67.5 Å². The van der Waals surface area contributed by atoms with E-state index in [1.165, 1.54) is 0 Å². The van der Waals surface area contributed by atoms with Crippen molar-refractivity contribution in [2.24, 2.45) is 0 Å². The number of benzene rings is 3. The van der Waals surface area contributed by atoms with Gasteiger partial charge in [-0.1, -0.05) is 74.5 Å². The van der Waals surface area contributed by atoms with Gasteiger partial charge < -0.3 is 25.5 Å². The van der Waals surface area contributed by atoms with E-state index in [2.05, 4.69) is 10.6 Å². The van der Waals surface area contributed by atoms with E-state index < -0.39 is 24.1 Å². The van der Waals surface area contributed by atoms with Crippen molar-refractivity contribution in [1.82, 2.24) is 20.4 Å². The zero-order valence-electron chi connectivity index (χ0n) is 26.3. The summed E-state index contributed by atoms with van der Waals surface area (Å²) in [6, 6.07) is 23.1. The van der Waals surface area contributed by atoms with Crippen molar-refractivity contribution in [1.29, 1.82) is 0 Å². The molecule has 3 amide bonds. The molecule has 3 N–H and O–H groups in total. The second kappa shape index (κ2) is 15.6. The molecule has 3 aromatic rings. The zero-order chi connectivity index (χ0) is 31.6. The highest BCUT2D eigenvalue weighted by molar-refractivity contribution is 6.00. The Hall–Kier alpha value is -4.01. The van der Waals surface area contributed by atoms with Crippen LogP contribution in [0.1, 0.15) is 64.1 Å². The lowest BCUT2D eigenvalue weighted by Crippen LogP contribution is -2.66. The first kappa shape index (κ1) is 32.9. The number of amides is 3. The number of aliphatic hydroxyl groups is 1. The van der Waals surface area contributed by atoms with Crippen LogP contribution in [0.2, 0.25) is 0 Å². The minimum Gasteiger partial charge on any atom is -0.389 e. The van der Waals surface area contributed by atoms with E-state index in [9.17, 15) is 19.5 Å². The molecule has 1 aliphatic rings. The van der Waals surface area contributed by atoms with Crippen LogP contribution in [0.4, 0.5) is 0 Å². The van der Waals surface area contributed by atoms with Gasteiger partial charge in [-0.15, -0.1) is 0 Å². The summed E-state index contributed by atoms with van der Waals surface area (Å²) < 4.78 is 0. The summed E-state index contributed by atoms with van der Waals surface area (Å²) in [7, 11) is 1.77. The van der Waals surface area contributed by atoms with Crippen molar-refractivity contribution in [3.05, 3.63) is 107 Å². The molecule has 1 fully saturated rings. The van der Waals surface area contributed by atoms with Crippen LogP contribution in [0.5, 0.6) is 0 Å². The molecule has 1 aliphatic heterocycles. The topological polar surface area (TPSA) is 102 Å². The molecular formula is C36H46N4O4. The first-order chi connectivity index (χ1) is 21.2. The van der Waals surface area contributed by atoms with Crippen LogP contribution < -0.4 is 10.6 Å². The minimum atomic E-state index is -1.19. The number of likely N-dealkylation sites (N-methyl/N-ethyl adjacent to an activating group) is 1. The van der Waals surface area contributed by atoms with Gasteiger partial charge in [-0.2, -0.15) is 0 Å². The van der Waals surface area contributed by atoms with E-state index in [0.29, 0.717) is 43.6 Å². The van der Waals surface area contributed by atoms with Gasteiger partial charge in [-0.25, -0.2) is 0 Å². The molecule has 8 nitrogen and oxygen atoms in total. The molecule has 4 atom stereocenters. The average Bonchev–Trinajstić information content (AvgIpc) is 3.03. The molecule has 0 radical (unpaired) electrons. The van der Waals surface area contributed by atoms with Gasteiger partial charge >= 0.3 is 0 Å². The predicted molar refractivity (Wildman–Crippen MR) is 174 cm³/mol. The number of carbonyl (C=O) groups is 3. The van der Waals surface area contributed by atoms with Gasteiger partial charge in [0, 0.05) is 43.9 Å². The summed E-state index contributed by atoms with van der Waals surface area (Å²) in [6.45, 7) is 7.75. The maximum absolute atomic E-state index is 13.7. The molecule has 0 bridgehead atoms. The molecule has 234 valence electrons. The van der Waals surface area contributed by atoms with Gasteiger partial charge in [0.2, 0.25) is 5.91 Å². The molecule has 4 rings (SSSR count). The normalized spacial score (nSPS) is 18.0. The number of rotatable bonds is 13. The molecule has 0 spiro atoms. The number of piperazine rings is 1. The Kier molecular flexibility index (Phi) is 11.7. The fourth-order valence-corrected chi connectivity index (χ4v) is 5.93. The minimum absolute atomic E-state index is 0.0567. The van der Waals surface area contributed by atoms with Gasteiger partial charge in [0.25, 0.3) is 11.8 Å². The Balaban J connectivity index is 1.54. The van der Waals surface area contributed by atoms with Crippen molar-refractivity contribution in [3.8, 4) is 0 Å². The van der Waals surface area contributed by atoms with E-state index in [-0.39, 0.29) is 17.9 Å². The number of nitrogens with zero attached hydrogens (tertiary/aromatic N) is 2. The molecule has 0 aliphatic carbocycles. The van der Waals surface area contributed by atoms with E-state index in [1.807, 2.05) is 86.3 Å². The first-order valence-corrected chi connectivity index (χ1v) is 15.7. The number of hydrogen-bond donors (Lipinski definition) is 3. The highest BCUT2D eigenvalue weighted by Crippen LogP contribution is 2.19. The quantitative estimate of drug-likeness (QED) is 0.276. The summed E-state index contributed by atoms with van der Waals surface area (Å²) in [5.74, 6) is -0.719. The highest BCUT2D eigenvalue weighted by Gasteiger charge is 2.40. The SMILES string of the molecule is CCCN(CCC)C(=O)c1cc(C)cc(C(=O)N[C@@H](Cc2ccccc2)[C@H](O)[C@@H]2NC[C@@H](Cc3ccccc3)N(C)C2=O)c1. The van der Waals surface area contributed by atoms with Crippen molar-refractivity contribution in [2.45, 2.75) is 70.7 Å². The van der Waals surface area contributed by atoms with Crippen LogP contribution in [0, 0.1) is 6.92 Å². The third kappa shape index (κ3) is 8.33. The van der Waals surface area contributed by atoms with E-state index in [0.717, 1.165) is 29.5 Å². The molecule has 1 saturated heterocycles. The fraction of sp³-hybridized carbons (Fsp3) is 0.417. The Labute approximate surface area is 261 Å². The number of aryl methyl sites for hydroxylation is 1. The lowest BCUT2D eigenvalue weighted by molar-refractivity contribution is -0.141. The van der Waals surface area contributed by atoms with Crippen LogP contribution >= 0.6 is 0 Å². The van der Waals surface area contributed by atoms with Gasteiger partial charge in [-0.3, -0.25) is 14.4 Å². The summed E-state index contributed by atoms with van der Waals surface area (Å²) in [5.41, 5.74) is 3.66. The standard InChI is InChI=1S/C36H46N4O4/c1-5-17-40(18-6-2)35(43)29-20-25(3)19-28(23-29)34(42)38-31(22-27-15-11-8-12-16-27)33(41)32-36(44)39(4)30(24-37-32)21-26-13-9-7-10-14-26/h7-16,19-20,23,30-33,37,41H,5-6,17-18,21-22,24H2,1-4H3,(H,38,42)/t30-,31+,32+,33+/m1/s1. The third-order valence-electron chi connectivity index (χ3n) is 8.28. The summed E-state index contributed by atoms with van der Waals surface area (Å²) in [6.07, 6.45) is 1.53. The molecule has 0 aromatic heterocycles. The number of carbonyl (C=O) groups excluding carboxylic acids is 3. The van der Waals surface area contributed by atoms with Crippen LogP contribution in [-0.2, 0) is 17.6 Å². The first-order valence-electron chi connectivity index (χ1n) is 15.7. The molecular weight excluding hydrogens is 552 g/mol. The van der Waals surface area contributed by atoms with Gasteiger partial charge in [0.1, 0.15) is 6.04 Å². The van der Waals surface area contributed by atoms with Gasteiger partial charge in [0.15, 0.2) is 0 Å². The fourth-order valence-electron chi connectivity index (χ4n) is 5.93. The molecule has 3 aromatic carbocycles. The molecule has 8 heteroatoms.